The Morgan fingerprint density at radius 3 is 3.11 bits per heavy atom. The van der Waals surface area contributed by atoms with Gasteiger partial charge in [0.25, 0.3) is 0 Å². The Balaban J connectivity index is 2.59. The Kier molecular flexibility index (Phi) is 1.95. The highest BCUT2D eigenvalue weighted by molar-refractivity contribution is 5.79. The molecule has 2 nitrogen and oxygen atoms in total. The summed E-state index contributed by atoms with van der Waals surface area (Å²) in [5.74, 6) is -0.852. The maximum Gasteiger partial charge on any atom is 0.194 e. The maximum absolute atomic E-state index is 12.4. The summed E-state index contributed by atoms with van der Waals surface area (Å²) < 4.78 is 12.4. The van der Waals surface area contributed by atoms with Gasteiger partial charge in [0.2, 0.25) is 0 Å². The van der Waals surface area contributed by atoms with Crippen LogP contribution in [0.25, 0.3) is 0 Å². The van der Waals surface area contributed by atoms with E-state index in [1.54, 1.807) is 6.08 Å². The van der Waals surface area contributed by atoms with Gasteiger partial charge in [-0.15, -0.1) is 0 Å². The molecule has 0 spiro atoms. The van der Waals surface area contributed by atoms with Gasteiger partial charge < -0.3 is 5.11 Å². The van der Waals surface area contributed by atoms with Gasteiger partial charge in [0, 0.05) is 6.20 Å². The van der Waals surface area contributed by atoms with Gasteiger partial charge in [-0.05, 0) is 6.42 Å². The Morgan fingerprint density at radius 1 is 1.89 bits per heavy atom. The summed E-state index contributed by atoms with van der Waals surface area (Å²) in [7, 11) is 0. The van der Waals surface area contributed by atoms with Crippen LogP contribution < -0.4 is 0 Å². The highest BCUT2D eigenvalue weighted by Crippen LogP contribution is 2.11. The second-order valence-corrected chi connectivity index (χ2v) is 1.95. The molecule has 0 aromatic heterocycles. The Morgan fingerprint density at radius 2 is 2.67 bits per heavy atom. The number of nitrogens with zero attached hydrogens (tertiary/aromatic N) is 1. The lowest BCUT2D eigenvalue weighted by atomic mass is 10.1. The SMILES string of the molecule is OCC1CC=CN=C1F. The van der Waals surface area contributed by atoms with E-state index in [1.165, 1.54) is 6.20 Å². The fourth-order valence-corrected chi connectivity index (χ4v) is 0.702. The molecule has 0 fully saturated rings. The van der Waals surface area contributed by atoms with E-state index in [2.05, 4.69) is 4.99 Å². The molecule has 0 saturated heterocycles. The summed E-state index contributed by atoms with van der Waals surface area (Å²) >= 11 is 0. The van der Waals surface area contributed by atoms with Crippen LogP contribution in [-0.4, -0.2) is 17.7 Å². The van der Waals surface area contributed by atoms with E-state index in [4.69, 9.17) is 5.11 Å². The lowest BCUT2D eigenvalue weighted by molar-refractivity contribution is 0.255. The van der Waals surface area contributed by atoms with Gasteiger partial charge in [-0.25, -0.2) is 4.99 Å². The van der Waals surface area contributed by atoms with Crippen LogP contribution in [0, 0.1) is 5.92 Å². The molecule has 0 bridgehead atoms. The Labute approximate surface area is 52.7 Å². The molecule has 1 aliphatic heterocycles. The van der Waals surface area contributed by atoms with Crippen LogP contribution in [0.4, 0.5) is 4.39 Å². The summed E-state index contributed by atoms with van der Waals surface area (Å²) in [6.07, 6.45) is 3.72. The fraction of sp³-hybridized carbons (Fsp3) is 0.500. The number of allylic oxidation sites excluding steroid dienone is 1. The first kappa shape index (κ1) is 6.42. The van der Waals surface area contributed by atoms with E-state index in [0.29, 0.717) is 6.42 Å². The van der Waals surface area contributed by atoms with Crippen LogP contribution in [0.15, 0.2) is 17.3 Å². The molecule has 9 heavy (non-hydrogen) atoms. The summed E-state index contributed by atoms with van der Waals surface area (Å²) in [5, 5.41) is 8.51. The molecule has 0 aromatic rings. The van der Waals surface area contributed by atoms with E-state index < -0.39 is 11.9 Å². The van der Waals surface area contributed by atoms with Crippen molar-refractivity contribution in [2.24, 2.45) is 10.9 Å². The number of halogens is 1. The van der Waals surface area contributed by atoms with Crippen molar-refractivity contribution in [2.45, 2.75) is 6.42 Å². The summed E-state index contributed by atoms with van der Waals surface area (Å²) in [6.45, 7) is -0.153. The molecule has 0 aliphatic carbocycles. The average Bonchev–Trinajstić information content (AvgIpc) is 1.89. The lowest BCUT2D eigenvalue weighted by Crippen LogP contribution is -2.15. The lowest BCUT2D eigenvalue weighted by Gasteiger charge is -2.09. The van der Waals surface area contributed by atoms with Crippen LogP contribution in [0.2, 0.25) is 0 Å². The summed E-state index contributed by atoms with van der Waals surface area (Å²) in [4.78, 5) is 3.39. The van der Waals surface area contributed by atoms with Crippen LogP contribution in [0.1, 0.15) is 6.42 Å². The first-order valence-electron chi connectivity index (χ1n) is 2.83. The molecule has 1 unspecified atom stereocenters. The highest BCUT2D eigenvalue weighted by Gasteiger charge is 2.14. The number of rotatable bonds is 1. The molecule has 1 rings (SSSR count). The standard InChI is InChI=1S/C6H8FNO/c7-6-5(4-9)2-1-3-8-6/h1,3,5,9H,2,4H2. The van der Waals surface area contributed by atoms with Gasteiger partial charge in [0.1, 0.15) is 0 Å². The minimum Gasteiger partial charge on any atom is -0.396 e. The van der Waals surface area contributed by atoms with Crippen LogP contribution in [0.3, 0.4) is 0 Å². The first-order chi connectivity index (χ1) is 4.34. The molecule has 0 saturated carbocycles. The van der Waals surface area contributed by atoms with Crippen molar-refractivity contribution < 1.29 is 9.50 Å². The predicted octanol–water partition coefficient (Wildman–Crippen LogP) is 0.880. The molecule has 1 atom stereocenters. The number of hydrogen-bond donors (Lipinski definition) is 1. The minimum absolute atomic E-state index is 0.153. The largest absolute Gasteiger partial charge is 0.396 e. The van der Waals surface area contributed by atoms with Gasteiger partial charge in [0.05, 0.1) is 12.5 Å². The van der Waals surface area contributed by atoms with Crippen molar-refractivity contribution in [3.63, 3.8) is 0 Å². The highest BCUT2D eigenvalue weighted by atomic mass is 19.1. The molecular formula is C6H8FNO. The molecule has 3 heteroatoms. The molecule has 0 radical (unpaired) electrons. The second kappa shape index (κ2) is 2.73. The third-order valence-corrected chi connectivity index (χ3v) is 1.28. The molecule has 0 aromatic carbocycles. The van der Waals surface area contributed by atoms with Gasteiger partial charge in [-0.3, -0.25) is 0 Å². The second-order valence-electron chi connectivity index (χ2n) is 1.95. The molecule has 0 amide bonds. The van der Waals surface area contributed by atoms with Crippen molar-refractivity contribution in [3.8, 4) is 0 Å². The quantitative estimate of drug-likeness (QED) is 0.560. The first-order valence-corrected chi connectivity index (χ1v) is 2.83. The predicted molar refractivity (Wildman–Crippen MR) is 32.9 cm³/mol. The van der Waals surface area contributed by atoms with Crippen LogP contribution in [-0.2, 0) is 0 Å². The van der Waals surface area contributed by atoms with E-state index in [9.17, 15) is 4.39 Å². The Bertz CT molecular complexity index is 153. The fourth-order valence-electron chi connectivity index (χ4n) is 0.702. The summed E-state index contributed by atoms with van der Waals surface area (Å²) in [6, 6.07) is 0. The third kappa shape index (κ3) is 1.36. The van der Waals surface area contributed by atoms with Crippen molar-refractivity contribution in [1.29, 1.82) is 0 Å². The summed E-state index contributed by atoms with van der Waals surface area (Å²) in [5.41, 5.74) is 0. The zero-order chi connectivity index (χ0) is 6.69. The zero-order valence-corrected chi connectivity index (χ0v) is 4.92. The third-order valence-electron chi connectivity index (χ3n) is 1.28. The molecule has 1 aliphatic rings. The number of aliphatic imine (C=N–C) groups is 1. The Hall–Kier alpha value is -0.700. The van der Waals surface area contributed by atoms with Crippen molar-refractivity contribution >= 4 is 5.97 Å². The molecular weight excluding hydrogens is 121 g/mol. The van der Waals surface area contributed by atoms with Crippen LogP contribution >= 0.6 is 0 Å². The van der Waals surface area contributed by atoms with Crippen molar-refractivity contribution in [1.82, 2.24) is 0 Å². The van der Waals surface area contributed by atoms with Gasteiger partial charge in [0.15, 0.2) is 5.97 Å². The van der Waals surface area contributed by atoms with Crippen molar-refractivity contribution in [3.05, 3.63) is 12.3 Å². The van der Waals surface area contributed by atoms with E-state index in [1.807, 2.05) is 0 Å². The minimum atomic E-state index is -0.458. The number of hydrogen-bond acceptors (Lipinski definition) is 2. The van der Waals surface area contributed by atoms with Gasteiger partial charge >= 0.3 is 0 Å². The van der Waals surface area contributed by atoms with Crippen LogP contribution in [0.5, 0.6) is 0 Å². The number of aliphatic hydroxyl groups is 1. The molecule has 1 N–H and O–H groups in total. The van der Waals surface area contributed by atoms with E-state index in [0.717, 1.165) is 0 Å². The topological polar surface area (TPSA) is 32.6 Å². The monoisotopic (exact) mass is 129 g/mol. The smallest absolute Gasteiger partial charge is 0.194 e. The normalized spacial score (nSPS) is 26.0. The van der Waals surface area contributed by atoms with Gasteiger partial charge in [-0.1, -0.05) is 6.08 Å². The zero-order valence-electron chi connectivity index (χ0n) is 4.92. The van der Waals surface area contributed by atoms with E-state index in [-0.39, 0.29) is 6.61 Å². The van der Waals surface area contributed by atoms with Crippen molar-refractivity contribution in [2.75, 3.05) is 6.61 Å². The maximum atomic E-state index is 12.4. The average molecular weight is 129 g/mol. The van der Waals surface area contributed by atoms with E-state index >= 15 is 0 Å². The van der Waals surface area contributed by atoms with Gasteiger partial charge in [-0.2, -0.15) is 4.39 Å². The number of aliphatic hydroxyl groups excluding tert-OH is 1. The molecule has 50 valence electrons. The molecule has 1 heterocycles.